The third kappa shape index (κ3) is 3.56. The minimum atomic E-state index is -0.412. The number of likely N-dealkylation sites (tertiary alicyclic amines) is 2. The average Bonchev–Trinajstić information content (AvgIpc) is 3.06. The van der Waals surface area contributed by atoms with Gasteiger partial charge >= 0.3 is 6.03 Å². The molecule has 6 heteroatoms. The van der Waals surface area contributed by atoms with Gasteiger partial charge in [0.15, 0.2) is 0 Å². The van der Waals surface area contributed by atoms with Crippen LogP contribution in [0.4, 0.5) is 10.5 Å². The van der Waals surface area contributed by atoms with Crippen molar-refractivity contribution in [2.75, 3.05) is 45.2 Å². The highest BCUT2D eigenvalue weighted by Gasteiger charge is 2.49. The minimum absolute atomic E-state index is 0.114. The summed E-state index contributed by atoms with van der Waals surface area (Å²) in [5, 5.41) is 3.02. The molecule has 3 rings (SSSR count). The van der Waals surface area contributed by atoms with E-state index in [2.05, 4.69) is 5.32 Å². The number of rotatable bonds is 4. The molecule has 2 fully saturated rings. The molecule has 2 aliphatic heterocycles. The van der Waals surface area contributed by atoms with Crippen LogP contribution >= 0.6 is 0 Å². The van der Waals surface area contributed by atoms with Crippen LogP contribution in [-0.4, -0.2) is 61.6 Å². The lowest BCUT2D eigenvalue weighted by Gasteiger charge is -2.39. The number of hydrogen-bond donors (Lipinski definition) is 1. The predicted molar refractivity (Wildman–Crippen MR) is 101 cm³/mol. The summed E-state index contributed by atoms with van der Waals surface area (Å²) >= 11 is 0. The standard InChI is InChI=1S/C20H29N3O3/c1-15-6-4-7-17(16(15)2)21-19(25)23-11-9-20(14-23)8-5-10-22(18(20)24)12-13-26-3/h4,6-7H,5,8-14H2,1-3H3,(H,21,25)/t20-/m1/s1. The number of ether oxygens (including phenoxy) is 1. The highest BCUT2D eigenvalue weighted by molar-refractivity contribution is 5.92. The maximum absolute atomic E-state index is 13.0. The maximum atomic E-state index is 13.0. The number of carbonyl (C=O) groups excluding carboxylic acids is 2. The van der Waals surface area contributed by atoms with Gasteiger partial charge < -0.3 is 19.9 Å². The Kier molecular flexibility index (Phi) is 5.51. The van der Waals surface area contributed by atoms with E-state index in [0.29, 0.717) is 26.2 Å². The first-order valence-corrected chi connectivity index (χ1v) is 9.37. The fourth-order valence-electron chi connectivity index (χ4n) is 4.07. The normalized spacial score (nSPS) is 23.0. The van der Waals surface area contributed by atoms with E-state index in [-0.39, 0.29) is 11.9 Å². The Bertz CT molecular complexity index is 691. The lowest BCUT2D eigenvalue weighted by molar-refractivity contribution is -0.146. The van der Waals surface area contributed by atoms with Gasteiger partial charge in [-0.05, 0) is 50.3 Å². The van der Waals surface area contributed by atoms with Crippen LogP contribution in [0.5, 0.6) is 0 Å². The first kappa shape index (κ1) is 18.7. The molecule has 0 saturated carbocycles. The van der Waals surface area contributed by atoms with Gasteiger partial charge in [-0.25, -0.2) is 4.79 Å². The molecule has 0 radical (unpaired) electrons. The van der Waals surface area contributed by atoms with Gasteiger partial charge in [-0.1, -0.05) is 12.1 Å². The molecule has 3 amide bonds. The molecule has 2 heterocycles. The molecule has 0 bridgehead atoms. The van der Waals surface area contributed by atoms with Crippen molar-refractivity contribution in [1.82, 2.24) is 9.80 Å². The number of hydrogen-bond acceptors (Lipinski definition) is 3. The number of anilines is 1. The van der Waals surface area contributed by atoms with Crippen molar-refractivity contribution in [2.45, 2.75) is 33.1 Å². The van der Waals surface area contributed by atoms with Crippen molar-refractivity contribution in [3.8, 4) is 0 Å². The molecule has 1 aromatic rings. The van der Waals surface area contributed by atoms with Crippen LogP contribution in [-0.2, 0) is 9.53 Å². The molecule has 6 nitrogen and oxygen atoms in total. The summed E-state index contributed by atoms with van der Waals surface area (Å²) in [6.07, 6.45) is 2.60. The van der Waals surface area contributed by atoms with Gasteiger partial charge in [0.05, 0.1) is 12.0 Å². The molecule has 1 spiro atoms. The van der Waals surface area contributed by atoms with E-state index < -0.39 is 5.41 Å². The summed E-state index contributed by atoms with van der Waals surface area (Å²) in [4.78, 5) is 29.4. The Morgan fingerprint density at radius 1 is 1.27 bits per heavy atom. The molecule has 2 saturated heterocycles. The molecular weight excluding hydrogens is 330 g/mol. The summed E-state index contributed by atoms with van der Waals surface area (Å²) in [6, 6.07) is 5.79. The maximum Gasteiger partial charge on any atom is 0.321 e. The number of urea groups is 1. The zero-order chi connectivity index (χ0) is 18.7. The van der Waals surface area contributed by atoms with Crippen molar-refractivity contribution in [2.24, 2.45) is 5.41 Å². The zero-order valence-corrected chi connectivity index (χ0v) is 16.0. The van der Waals surface area contributed by atoms with E-state index in [9.17, 15) is 9.59 Å². The Hall–Kier alpha value is -2.08. The summed E-state index contributed by atoms with van der Waals surface area (Å²) in [5.74, 6) is 0.183. The summed E-state index contributed by atoms with van der Waals surface area (Å²) < 4.78 is 5.12. The largest absolute Gasteiger partial charge is 0.383 e. The van der Waals surface area contributed by atoms with Crippen LogP contribution in [0, 0.1) is 19.3 Å². The van der Waals surface area contributed by atoms with E-state index in [1.54, 1.807) is 12.0 Å². The Labute approximate surface area is 155 Å². The quantitative estimate of drug-likeness (QED) is 0.899. The van der Waals surface area contributed by atoms with Crippen molar-refractivity contribution >= 4 is 17.6 Å². The fourth-order valence-corrected chi connectivity index (χ4v) is 4.07. The van der Waals surface area contributed by atoms with Crippen LogP contribution in [0.1, 0.15) is 30.4 Å². The van der Waals surface area contributed by atoms with Gasteiger partial charge in [-0.2, -0.15) is 0 Å². The lowest BCUT2D eigenvalue weighted by Crippen LogP contribution is -2.51. The number of nitrogens with zero attached hydrogens (tertiary/aromatic N) is 2. The van der Waals surface area contributed by atoms with Gasteiger partial charge in [-0.3, -0.25) is 4.79 Å². The summed E-state index contributed by atoms with van der Waals surface area (Å²) in [5.41, 5.74) is 2.66. The van der Waals surface area contributed by atoms with Gasteiger partial charge in [-0.15, -0.1) is 0 Å². The predicted octanol–water partition coefficient (Wildman–Crippen LogP) is 2.80. The highest BCUT2D eigenvalue weighted by atomic mass is 16.5. The molecule has 0 aliphatic carbocycles. The Morgan fingerprint density at radius 3 is 2.85 bits per heavy atom. The molecule has 2 aliphatic rings. The minimum Gasteiger partial charge on any atom is -0.383 e. The first-order chi connectivity index (χ1) is 12.5. The second-order valence-electron chi connectivity index (χ2n) is 7.52. The third-order valence-electron chi connectivity index (χ3n) is 5.88. The summed E-state index contributed by atoms with van der Waals surface area (Å²) in [7, 11) is 1.65. The van der Waals surface area contributed by atoms with Crippen molar-refractivity contribution < 1.29 is 14.3 Å². The van der Waals surface area contributed by atoms with E-state index in [1.807, 2.05) is 36.9 Å². The van der Waals surface area contributed by atoms with Gasteiger partial charge in [0.1, 0.15) is 0 Å². The van der Waals surface area contributed by atoms with Crippen LogP contribution < -0.4 is 5.32 Å². The van der Waals surface area contributed by atoms with E-state index >= 15 is 0 Å². The van der Waals surface area contributed by atoms with Crippen LogP contribution in [0.25, 0.3) is 0 Å². The number of piperidine rings is 1. The molecule has 1 aromatic carbocycles. The summed E-state index contributed by atoms with van der Waals surface area (Å²) in [6.45, 7) is 7.15. The second-order valence-corrected chi connectivity index (χ2v) is 7.52. The topological polar surface area (TPSA) is 61.9 Å². The molecule has 0 unspecified atom stereocenters. The first-order valence-electron chi connectivity index (χ1n) is 9.37. The molecule has 0 aromatic heterocycles. The molecule has 26 heavy (non-hydrogen) atoms. The average molecular weight is 359 g/mol. The number of methoxy groups -OCH3 is 1. The number of carbonyl (C=O) groups is 2. The highest BCUT2D eigenvalue weighted by Crippen LogP contribution is 2.40. The lowest BCUT2D eigenvalue weighted by atomic mass is 9.78. The van der Waals surface area contributed by atoms with Crippen molar-refractivity contribution in [1.29, 1.82) is 0 Å². The van der Waals surface area contributed by atoms with Crippen molar-refractivity contribution in [3.63, 3.8) is 0 Å². The van der Waals surface area contributed by atoms with E-state index in [4.69, 9.17) is 4.74 Å². The molecule has 142 valence electrons. The number of nitrogens with one attached hydrogen (secondary N) is 1. The van der Waals surface area contributed by atoms with E-state index in [0.717, 1.165) is 42.6 Å². The monoisotopic (exact) mass is 359 g/mol. The molecule has 1 atom stereocenters. The van der Waals surface area contributed by atoms with E-state index in [1.165, 1.54) is 0 Å². The van der Waals surface area contributed by atoms with Crippen LogP contribution in [0.15, 0.2) is 18.2 Å². The fraction of sp³-hybridized carbons (Fsp3) is 0.600. The second kappa shape index (κ2) is 7.66. The van der Waals surface area contributed by atoms with Crippen LogP contribution in [0.3, 0.4) is 0 Å². The smallest absolute Gasteiger partial charge is 0.321 e. The number of aryl methyl sites for hydroxylation is 1. The Balaban J connectivity index is 1.66. The van der Waals surface area contributed by atoms with Gasteiger partial charge in [0, 0.05) is 39.0 Å². The number of amides is 3. The molecule has 1 N–H and O–H groups in total. The molecular formula is C20H29N3O3. The third-order valence-corrected chi connectivity index (χ3v) is 5.88. The van der Waals surface area contributed by atoms with Gasteiger partial charge in [0.25, 0.3) is 0 Å². The van der Waals surface area contributed by atoms with Crippen LogP contribution in [0.2, 0.25) is 0 Å². The van der Waals surface area contributed by atoms with Crippen molar-refractivity contribution in [3.05, 3.63) is 29.3 Å². The van der Waals surface area contributed by atoms with Gasteiger partial charge in [0.2, 0.25) is 5.91 Å². The SMILES string of the molecule is COCCN1CCC[C@]2(CCN(C(=O)Nc3cccc(C)c3C)C2)C1=O. The Morgan fingerprint density at radius 2 is 2.08 bits per heavy atom. The number of benzene rings is 1. The zero-order valence-electron chi connectivity index (χ0n) is 16.0.